The Balaban J connectivity index is 2.21. The summed E-state index contributed by atoms with van der Waals surface area (Å²) in [5.74, 6) is 0.785. The van der Waals surface area contributed by atoms with Gasteiger partial charge in [0.05, 0.1) is 23.2 Å². The quantitative estimate of drug-likeness (QED) is 0.642. The molecule has 0 aliphatic rings. The fraction of sp³-hybridized carbons (Fsp3) is 0.235. The van der Waals surface area contributed by atoms with Gasteiger partial charge in [-0.15, -0.1) is 0 Å². The van der Waals surface area contributed by atoms with E-state index < -0.39 is 4.92 Å². The van der Waals surface area contributed by atoms with Gasteiger partial charge in [-0.25, -0.2) is 0 Å². The van der Waals surface area contributed by atoms with Crippen LogP contribution in [0.5, 0.6) is 5.75 Å². The van der Waals surface area contributed by atoms with Gasteiger partial charge in [0.1, 0.15) is 11.4 Å². The summed E-state index contributed by atoms with van der Waals surface area (Å²) in [5, 5.41) is 23.1. The number of nitrogens with one attached hydrogen (secondary N) is 1. The summed E-state index contributed by atoms with van der Waals surface area (Å²) >= 11 is 0. The molecule has 0 fully saturated rings. The Morgan fingerprint density at radius 1 is 1.30 bits per heavy atom. The second kappa shape index (κ2) is 7.27. The number of nitro groups is 1. The molecule has 2 rings (SSSR count). The monoisotopic (exact) mass is 311 g/mol. The van der Waals surface area contributed by atoms with Crippen LogP contribution < -0.4 is 10.1 Å². The van der Waals surface area contributed by atoms with Gasteiger partial charge in [-0.2, -0.15) is 5.26 Å². The molecule has 118 valence electrons. The van der Waals surface area contributed by atoms with Crippen LogP contribution in [-0.4, -0.2) is 11.5 Å². The summed E-state index contributed by atoms with van der Waals surface area (Å²) in [6.45, 7) is 4.43. The van der Waals surface area contributed by atoms with Crippen molar-refractivity contribution in [3.63, 3.8) is 0 Å². The molecule has 6 nitrogen and oxygen atoms in total. The first-order valence-corrected chi connectivity index (χ1v) is 7.23. The van der Waals surface area contributed by atoms with Gasteiger partial charge < -0.3 is 10.1 Å². The minimum Gasteiger partial charge on any atom is -0.494 e. The maximum absolute atomic E-state index is 11.2. The summed E-state index contributed by atoms with van der Waals surface area (Å²) in [4.78, 5) is 10.7. The van der Waals surface area contributed by atoms with Crippen LogP contribution in [0.25, 0.3) is 0 Å². The summed E-state index contributed by atoms with van der Waals surface area (Å²) in [6.07, 6.45) is 0. The van der Waals surface area contributed by atoms with Gasteiger partial charge in [0.15, 0.2) is 0 Å². The Bertz CT molecular complexity index is 736. The minimum atomic E-state index is -0.492. The number of hydrogen-bond acceptors (Lipinski definition) is 5. The second-order valence-corrected chi connectivity index (χ2v) is 4.97. The molecule has 0 aliphatic heterocycles. The molecule has 6 heteroatoms. The molecule has 0 saturated heterocycles. The Morgan fingerprint density at radius 3 is 2.57 bits per heavy atom. The average Bonchev–Trinajstić information content (AvgIpc) is 2.56. The molecule has 0 bridgehead atoms. The number of nitrogens with zero attached hydrogens (tertiary/aromatic N) is 2. The van der Waals surface area contributed by atoms with Gasteiger partial charge in [0.25, 0.3) is 5.69 Å². The summed E-state index contributed by atoms with van der Waals surface area (Å²) in [6, 6.07) is 13.7. The molecule has 0 radical (unpaired) electrons. The zero-order valence-corrected chi connectivity index (χ0v) is 12.9. The molecule has 1 unspecified atom stereocenters. The third-order valence-corrected chi connectivity index (χ3v) is 3.39. The van der Waals surface area contributed by atoms with Crippen molar-refractivity contribution in [1.29, 1.82) is 5.26 Å². The topological polar surface area (TPSA) is 88.2 Å². The lowest BCUT2D eigenvalue weighted by atomic mass is 10.1. The standard InChI is InChI=1S/C17H17N3O3/c1-3-23-15-7-5-14(6-8-15)12(2)19-16-9-4-13(11-18)10-17(16)20(21)22/h4-10,12,19H,3H2,1-2H3. The molecule has 0 spiro atoms. The second-order valence-electron chi connectivity index (χ2n) is 4.97. The molecule has 1 atom stereocenters. The van der Waals surface area contributed by atoms with Crippen LogP contribution >= 0.6 is 0 Å². The van der Waals surface area contributed by atoms with Crippen LogP contribution in [0, 0.1) is 21.4 Å². The lowest BCUT2D eigenvalue weighted by molar-refractivity contribution is -0.384. The highest BCUT2D eigenvalue weighted by molar-refractivity contribution is 5.64. The zero-order chi connectivity index (χ0) is 16.8. The van der Waals surface area contributed by atoms with Gasteiger partial charge in [-0.05, 0) is 43.7 Å². The van der Waals surface area contributed by atoms with Crippen molar-refractivity contribution in [1.82, 2.24) is 0 Å². The van der Waals surface area contributed by atoms with Gasteiger partial charge in [-0.3, -0.25) is 10.1 Å². The maximum atomic E-state index is 11.2. The van der Waals surface area contributed by atoms with E-state index >= 15 is 0 Å². The Hall–Kier alpha value is -3.07. The minimum absolute atomic E-state index is 0.109. The zero-order valence-electron chi connectivity index (χ0n) is 12.9. The summed E-state index contributed by atoms with van der Waals surface area (Å²) in [5.41, 5.74) is 1.51. The number of nitro benzene ring substituents is 1. The van der Waals surface area contributed by atoms with E-state index in [4.69, 9.17) is 10.00 Å². The first-order valence-electron chi connectivity index (χ1n) is 7.23. The number of rotatable bonds is 6. The van der Waals surface area contributed by atoms with Crippen molar-refractivity contribution in [3.8, 4) is 11.8 Å². The third kappa shape index (κ3) is 3.98. The highest BCUT2D eigenvalue weighted by Crippen LogP contribution is 2.29. The highest BCUT2D eigenvalue weighted by Gasteiger charge is 2.17. The van der Waals surface area contributed by atoms with Crippen LogP contribution in [0.1, 0.15) is 31.0 Å². The molecule has 0 aliphatic carbocycles. The molecule has 0 heterocycles. The molecule has 0 amide bonds. The molecular formula is C17H17N3O3. The Kier molecular flexibility index (Phi) is 5.15. The lowest BCUT2D eigenvalue weighted by Crippen LogP contribution is -2.08. The van der Waals surface area contributed by atoms with E-state index in [0.29, 0.717) is 12.3 Å². The summed E-state index contributed by atoms with van der Waals surface area (Å²) < 4.78 is 5.39. The van der Waals surface area contributed by atoms with Crippen molar-refractivity contribution in [2.24, 2.45) is 0 Å². The Labute approximate surface area is 134 Å². The third-order valence-electron chi connectivity index (χ3n) is 3.39. The van der Waals surface area contributed by atoms with E-state index in [0.717, 1.165) is 11.3 Å². The molecular weight excluding hydrogens is 294 g/mol. The predicted octanol–water partition coefficient (Wildman–Crippen LogP) is 4.04. The molecule has 0 aromatic heterocycles. The maximum Gasteiger partial charge on any atom is 0.293 e. The smallest absolute Gasteiger partial charge is 0.293 e. The van der Waals surface area contributed by atoms with Crippen LogP contribution in [0.2, 0.25) is 0 Å². The average molecular weight is 311 g/mol. The van der Waals surface area contributed by atoms with E-state index in [1.54, 1.807) is 12.1 Å². The van der Waals surface area contributed by atoms with E-state index in [1.165, 1.54) is 6.07 Å². The van der Waals surface area contributed by atoms with Crippen molar-refractivity contribution in [2.75, 3.05) is 11.9 Å². The van der Waals surface area contributed by atoms with Gasteiger partial charge in [-0.1, -0.05) is 12.1 Å². The van der Waals surface area contributed by atoms with Crippen molar-refractivity contribution >= 4 is 11.4 Å². The summed E-state index contributed by atoms with van der Waals surface area (Å²) in [7, 11) is 0. The number of benzene rings is 2. The lowest BCUT2D eigenvalue weighted by Gasteiger charge is -2.16. The fourth-order valence-corrected chi connectivity index (χ4v) is 2.21. The van der Waals surface area contributed by atoms with Crippen LogP contribution in [0.15, 0.2) is 42.5 Å². The molecule has 23 heavy (non-hydrogen) atoms. The first kappa shape index (κ1) is 16.3. The van der Waals surface area contributed by atoms with Gasteiger partial charge in [0.2, 0.25) is 0 Å². The normalized spacial score (nSPS) is 11.3. The highest BCUT2D eigenvalue weighted by atomic mass is 16.6. The van der Waals surface area contributed by atoms with E-state index in [-0.39, 0.29) is 17.3 Å². The molecule has 2 aromatic carbocycles. The molecule has 0 saturated carbocycles. The predicted molar refractivity (Wildman–Crippen MR) is 87.5 cm³/mol. The number of nitriles is 1. The Morgan fingerprint density at radius 2 is 2.00 bits per heavy atom. The SMILES string of the molecule is CCOc1ccc(C(C)Nc2ccc(C#N)cc2[N+](=O)[O-])cc1. The number of anilines is 1. The number of ether oxygens (including phenoxy) is 1. The van der Waals surface area contributed by atoms with Crippen molar-refractivity contribution in [3.05, 3.63) is 63.7 Å². The van der Waals surface area contributed by atoms with Crippen molar-refractivity contribution < 1.29 is 9.66 Å². The van der Waals surface area contributed by atoms with E-state index in [2.05, 4.69) is 5.32 Å². The van der Waals surface area contributed by atoms with Gasteiger partial charge >= 0.3 is 0 Å². The van der Waals surface area contributed by atoms with E-state index in [1.807, 2.05) is 44.2 Å². The largest absolute Gasteiger partial charge is 0.494 e. The molecule has 1 N–H and O–H groups in total. The number of hydrogen-bond donors (Lipinski definition) is 1. The van der Waals surface area contributed by atoms with Crippen LogP contribution in [-0.2, 0) is 0 Å². The van der Waals surface area contributed by atoms with Crippen molar-refractivity contribution in [2.45, 2.75) is 19.9 Å². The van der Waals surface area contributed by atoms with Crippen LogP contribution in [0.3, 0.4) is 0 Å². The van der Waals surface area contributed by atoms with Crippen LogP contribution in [0.4, 0.5) is 11.4 Å². The molecule has 2 aromatic rings. The van der Waals surface area contributed by atoms with E-state index in [9.17, 15) is 10.1 Å². The fourth-order valence-electron chi connectivity index (χ4n) is 2.21. The first-order chi connectivity index (χ1) is 11.0. The van der Waals surface area contributed by atoms with Gasteiger partial charge in [0, 0.05) is 12.1 Å².